The minimum absolute atomic E-state index is 0.655. The Morgan fingerprint density at radius 2 is 1.56 bits per heavy atom. The van der Waals surface area contributed by atoms with Gasteiger partial charge in [-0.25, -0.2) is 4.98 Å². The van der Waals surface area contributed by atoms with E-state index >= 15 is 0 Å². The molecule has 0 bridgehead atoms. The van der Waals surface area contributed by atoms with Crippen molar-refractivity contribution in [2.75, 3.05) is 0 Å². The van der Waals surface area contributed by atoms with E-state index in [0.717, 1.165) is 38.3 Å². The second-order valence-corrected chi connectivity index (χ2v) is 8.10. The van der Waals surface area contributed by atoms with Crippen molar-refractivity contribution >= 4 is 56.5 Å². The lowest BCUT2D eigenvalue weighted by Crippen LogP contribution is -2.06. The van der Waals surface area contributed by atoms with Crippen LogP contribution in [0.1, 0.15) is 0 Å². The molecular formula is C22H14BClF4N2OS. The second kappa shape index (κ2) is 9.14. The van der Waals surface area contributed by atoms with Crippen LogP contribution in [0.25, 0.3) is 32.5 Å². The molecule has 5 rings (SSSR count). The fourth-order valence-electron chi connectivity index (χ4n) is 3.04. The zero-order valence-corrected chi connectivity index (χ0v) is 17.8. The monoisotopic (exact) mass is 476 g/mol. The second-order valence-electron chi connectivity index (χ2n) is 6.64. The van der Waals surface area contributed by atoms with Crippen LogP contribution in [-0.4, -0.2) is 7.25 Å². The minimum atomic E-state index is -6.00. The summed E-state index contributed by atoms with van der Waals surface area (Å²) in [5.74, 6) is 0.769. The molecule has 0 radical (unpaired) electrons. The van der Waals surface area contributed by atoms with Crippen molar-refractivity contribution < 1.29 is 26.7 Å². The molecule has 0 unspecified atom stereocenters. The van der Waals surface area contributed by atoms with Crippen LogP contribution in [0, 0.1) is 0 Å². The van der Waals surface area contributed by atoms with Crippen LogP contribution in [0.3, 0.4) is 0 Å². The highest BCUT2D eigenvalue weighted by atomic mass is 35.5. The molecule has 3 aromatic carbocycles. The zero-order valence-electron chi connectivity index (χ0n) is 16.2. The Morgan fingerprint density at radius 3 is 2.28 bits per heavy atom. The zero-order chi connectivity index (χ0) is 22.7. The largest absolute Gasteiger partial charge is 0.673 e. The van der Waals surface area contributed by atoms with E-state index in [4.69, 9.17) is 21.0 Å². The summed E-state index contributed by atoms with van der Waals surface area (Å²) in [6.07, 6.45) is 0. The van der Waals surface area contributed by atoms with Gasteiger partial charge in [0.1, 0.15) is 16.9 Å². The van der Waals surface area contributed by atoms with Crippen LogP contribution in [0.2, 0.25) is 5.02 Å². The number of aromatic nitrogens is 1. The number of halogens is 5. The van der Waals surface area contributed by atoms with E-state index in [1.54, 1.807) is 11.3 Å². The molecule has 0 fully saturated rings. The van der Waals surface area contributed by atoms with Crippen LogP contribution in [-0.2, 0) is 0 Å². The van der Waals surface area contributed by atoms with Gasteiger partial charge in [0.2, 0.25) is 0 Å². The molecule has 0 atom stereocenters. The first-order valence-electron chi connectivity index (χ1n) is 9.38. The average Bonchev–Trinajstić information content (AvgIpc) is 3.16. The van der Waals surface area contributed by atoms with E-state index < -0.39 is 7.25 Å². The molecule has 3 nitrogen and oxygen atoms in total. The van der Waals surface area contributed by atoms with Gasteiger partial charge in [-0.15, -0.1) is 0 Å². The number of H-pyrrole nitrogens is 1. The number of nitrogens with one attached hydrogen (secondary N) is 1. The summed E-state index contributed by atoms with van der Waals surface area (Å²) >= 11 is 7.85. The molecule has 32 heavy (non-hydrogen) atoms. The Bertz CT molecular complexity index is 1410. The van der Waals surface area contributed by atoms with E-state index in [2.05, 4.69) is 17.1 Å². The van der Waals surface area contributed by atoms with Gasteiger partial charge in [0, 0.05) is 16.7 Å². The molecule has 0 amide bonds. The van der Waals surface area contributed by atoms with Crippen molar-refractivity contribution in [2.24, 2.45) is 4.99 Å². The van der Waals surface area contributed by atoms with Crippen LogP contribution in [0.5, 0.6) is 0 Å². The average molecular weight is 477 g/mol. The topological polar surface area (TPSA) is 39.6 Å². The third kappa shape index (κ3) is 5.54. The summed E-state index contributed by atoms with van der Waals surface area (Å²) in [4.78, 5) is 8.25. The summed E-state index contributed by atoms with van der Waals surface area (Å²) in [6.45, 7) is 0. The lowest BCUT2D eigenvalue weighted by atomic mass is 10.1. The smallest absolute Gasteiger partial charge is 0.456 e. The highest BCUT2D eigenvalue weighted by Crippen LogP contribution is 2.26. The Kier molecular flexibility index (Phi) is 6.29. The van der Waals surface area contributed by atoms with Gasteiger partial charge < -0.3 is 21.7 Å². The SMILES string of the molecule is Clc1ccc2oc(-c3ccccc3)cc(=Nc3[nH+]c4ccccc4s3)c2c1.F[B-](F)(F)F. The molecule has 5 aromatic rings. The fraction of sp³-hybridized carbons (Fsp3) is 0. The standard InChI is InChI=1S/C22H13ClN2OS.BF4/c23-15-10-11-19-16(12-15)18(13-20(26-19)14-6-2-1-3-7-14)25-22-24-17-8-4-5-9-21(17)27-22;2-1(3,4)5/h1-13H;/q;-1/p+1. The normalized spacial score (nSPS) is 12.1. The first-order valence-corrected chi connectivity index (χ1v) is 10.6. The summed E-state index contributed by atoms with van der Waals surface area (Å²) < 4.78 is 46.3. The molecule has 0 saturated heterocycles. The fourth-order valence-corrected chi connectivity index (χ4v) is 4.10. The number of thiazole rings is 1. The molecule has 0 aliphatic rings. The van der Waals surface area contributed by atoms with Crippen molar-refractivity contribution in [3.8, 4) is 11.3 Å². The van der Waals surface area contributed by atoms with Gasteiger partial charge in [-0.2, -0.15) is 0 Å². The van der Waals surface area contributed by atoms with E-state index in [1.165, 1.54) is 4.70 Å². The van der Waals surface area contributed by atoms with Crippen molar-refractivity contribution in [3.63, 3.8) is 0 Å². The van der Waals surface area contributed by atoms with Gasteiger partial charge in [0.25, 0.3) is 0 Å². The van der Waals surface area contributed by atoms with Crippen molar-refractivity contribution in [1.82, 2.24) is 0 Å². The summed E-state index contributed by atoms with van der Waals surface area (Å²) in [5.41, 5.74) is 2.83. The number of aromatic amines is 1. The number of hydrogen-bond acceptors (Lipinski definition) is 3. The molecule has 10 heteroatoms. The molecule has 162 valence electrons. The molecule has 2 heterocycles. The maximum atomic E-state index is 9.75. The van der Waals surface area contributed by atoms with E-state index in [0.29, 0.717) is 5.02 Å². The van der Waals surface area contributed by atoms with Crippen molar-refractivity contribution in [2.45, 2.75) is 0 Å². The van der Waals surface area contributed by atoms with Crippen LogP contribution in [0.15, 0.2) is 88.3 Å². The number of nitrogens with zero attached hydrogens (tertiary/aromatic N) is 1. The molecule has 0 saturated carbocycles. The Labute approximate surface area is 188 Å². The summed E-state index contributed by atoms with van der Waals surface area (Å²) in [6, 6.07) is 25.8. The van der Waals surface area contributed by atoms with Crippen molar-refractivity contribution in [3.05, 3.63) is 89.2 Å². The summed E-state index contributed by atoms with van der Waals surface area (Å²) in [5, 5.41) is 3.19. The summed E-state index contributed by atoms with van der Waals surface area (Å²) in [7, 11) is -6.00. The van der Waals surface area contributed by atoms with E-state index in [1.807, 2.05) is 66.7 Å². The first kappa shape index (κ1) is 22.0. The lowest BCUT2D eigenvalue weighted by Gasteiger charge is -2.03. The maximum Gasteiger partial charge on any atom is 0.673 e. The quantitative estimate of drug-likeness (QED) is 0.194. The number of benzene rings is 3. The Balaban J connectivity index is 0.000000444. The van der Waals surface area contributed by atoms with Crippen LogP contribution < -0.4 is 10.3 Å². The minimum Gasteiger partial charge on any atom is -0.456 e. The molecular weight excluding hydrogens is 463 g/mol. The van der Waals surface area contributed by atoms with Gasteiger partial charge >= 0.3 is 12.4 Å². The number of rotatable bonds is 2. The molecule has 0 spiro atoms. The van der Waals surface area contributed by atoms with E-state index in [9.17, 15) is 17.3 Å². The maximum absolute atomic E-state index is 9.75. The third-order valence-electron chi connectivity index (χ3n) is 4.32. The molecule has 1 N–H and O–H groups in total. The Hall–Kier alpha value is -3.17. The molecule has 2 aromatic heterocycles. The highest BCUT2D eigenvalue weighted by molar-refractivity contribution is 7.21. The molecule has 0 aliphatic heterocycles. The molecule has 0 aliphatic carbocycles. The number of fused-ring (bicyclic) bond motifs is 2. The third-order valence-corrected chi connectivity index (χ3v) is 5.52. The van der Waals surface area contributed by atoms with Gasteiger partial charge in [-0.3, -0.25) is 0 Å². The van der Waals surface area contributed by atoms with Gasteiger partial charge in [-0.05, 0) is 46.7 Å². The lowest BCUT2D eigenvalue weighted by molar-refractivity contribution is -0.323. The number of para-hydroxylation sites is 1. The van der Waals surface area contributed by atoms with Crippen LogP contribution >= 0.6 is 22.9 Å². The van der Waals surface area contributed by atoms with E-state index in [-0.39, 0.29) is 0 Å². The predicted octanol–water partition coefficient (Wildman–Crippen LogP) is 7.31. The van der Waals surface area contributed by atoms with Gasteiger partial charge in [-0.1, -0.05) is 54.1 Å². The van der Waals surface area contributed by atoms with Gasteiger partial charge in [0.15, 0.2) is 5.36 Å². The van der Waals surface area contributed by atoms with Crippen LogP contribution in [0.4, 0.5) is 22.4 Å². The first-order chi connectivity index (χ1) is 15.3. The highest BCUT2D eigenvalue weighted by Gasteiger charge is 2.20. The Morgan fingerprint density at radius 1 is 0.875 bits per heavy atom. The van der Waals surface area contributed by atoms with Crippen molar-refractivity contribution in [1.29, 1.82) is 0 Å². The van der Waals surface area contributed by atoms with Gasteiger partial charge in [0.05, 0.1) is 10.1 Å². The number of hydrogen-bond donors (Lipinski definition) is 0. The predicted molar refractivity (Wildman–Crippen MR) is 120 cm³/mol.